The van der Waals surface area contributed by atoms with Gasteiger partial charge in [0.25, 0.3) is 0 Å². The monoisotopic (exact) mass is 275 g/mol. The first kappa shape index (κ1) is 14.0. The van der Waals surface area contributed by atoms with Gasteiger partial charge >= 0.3 is 5.97 Å². The molecule has 2 rings (SSSR count). The van der Waals surface area contributed by atoms with Gasteiger partial charge in [0.1, 0.15) is 5.75 Å². The molecule has 0 N–H and O–H groups in total. The molecule has 0 amide bonds. The number of nitrogens with zero attached hydrogens (tertiary/aromatic N) is 3. The lowest BCUT2D eigenvalue weighted by molar-refractivity contribution is -0.150. The van der Waals surface area contributed by atoms with Crippen molar-refractivity contribution < 1.29 is 14.3 Å². The lowest BCUT2D eigenvalue weighted by Gasteiger charge is -2.13. The zero-order valence-corrected chi connectivity index (χ0v) is 11.5. The summed E-state index contributed by atoms with van der Waals surface area (Å²) in [4.78, 5) is 11.5. The van der Waals surface area contributed by atoms with E-state index in [0.717, 1.165) is 5.56 Å². The van der Waals surface area contributed by atoms with E-state index < -0.39 is 6.10 Å². The standard InChI is InChI=1S/C14H17N3O3/c1-3-19-14(18)11(2)20-13-6-4-12(5-7-13)10-17-9-8-15-16-17/h4-9,11H,3,10H2,1-2H3. The first-order valence-corrected chi connectivity index (χ1v) is 6.45. The van der Waals surface area contributed by atoms with E-state index >= 15 is 0 Å². The first-order chi connectivity index (χ1) is 9.69. The predicted octanol–water partition coefficient (Wildman–Crippen LogP) is 1.66. The second kappa shape index (κ2) is 6.70. The second-order valence-corrected chi connectivity index (χ2v) is 4.26. The van der Waals surface area contributed by atoms with E-state index in [4.69, 9.17) is 9.47 Å². The highest BCUT2D eigenvalue weighted by Crippen LogP contribution is 2.15. The van der Waals surface area contributed by atoms with Crippen molar-refractivity contribution in [3.63, 3.8) is 0 Å². The van der Waals surface area contributed by atoms with Gasteiger partial charge in [0, 0.05) is 6.20 Å². The van der Waals surface area contributed by atoms with Crippen LogP contribution in [0.2, 0.25) is 0 Å². The molecule has 1 heterocycles. The first-order valence-electron chi connectivity index (χ1n) is 6.45. The Kier molecular flexibility index (Phi) is 4.70. The van der Waals surface area contributed by atoms with Crippen LogP contribution in [0.25, 0.3) is 0 Å². The average molecular weight is 275 g/mol. The Morgan fingerprint density at radius 1 is 1.35 bits per heavy atom. The topological polar surface area (TPSA) is 66.2 Å². The van der Waals surface area contributed by atoms with Crippen molar-refractivity contribution in [2.45, 2.75) is 26.5 Å². The fourth-order valence-electron chi connectivity index (χ4n) is 1.69. The van der Waals surface area contributed by atoms with Crippen molar-refractivity contribution in [2.75, 3.05) is 6.61 Å². The molecule has 0 saturated heterocycles. The summed E-state index contributed by atoms with van der Waals surface area (Å²) in [5, 5.41) is 7.65. The smallest absolute Gasteiger partial charge is 0.347 e. The molecule has 0 fully saturated rings. The maximum atomic E-state index is 11.5. The van der Waals surface area contributed by atoms with Crippen LogP contribution in [-0.2, 0) is 16.1 Å². The number of ether oxygens (including phenoxy) is 2. The number of benzene rings is 1. The van der Waals surface area contributed by atoms with Gasteiger partial charge in [-0.25, -0.2) is 9.48 Å². The Morgan fingerprint density at radius 2 is 2.10 bits per heavy atom. The Hall–Kier alpha value is -2.37. The van der Waals surface area contributed by atoms with Crippen LogP contribution in [0.4, 0.5) is 0 Å². The van der Waals surface area contributed by atoms with Crippen LogP contribution in [0.5, 0.6) is 5.75 Å². The molecule has 20 heavy (non-hydrogen) atoms. The van der Waals surface area contributed by atoms with Crippen molar-refractivity contribution >= 4 is 5.97 Å². The summed E-state index contributed by atoms with van der Waals surface area (Å²) < 4.78 is 12.1. The predicted molar refractivity (Wildman–Crippen MR) is 72.3 cm³/mol. The maximum Gasteiger partial charge on any atom is 0.347 e. The molecule has 0 spiro atoms. The van der Waals surface area contributed by atoms with Crippen LogP contribution >= 0.6 is 0 Å². The molecule has 106 valence electrons. The maximum absolute atomic E-state index is 11.5. The SMILES string of the molecule is CCOC(=O)C(C)Oc1ccc(Cn2ccnn2)cc1. The molecule has 1 unspecified atom stereocenters. The number of hydrogen-bond donors (Lipinski definition) is 0. The highest BCUT2D eigenvalue weighted by atomic mass is 16.6. The Bertz CT molecular complexity index is 537. The third kappa shape index (κ3) is 3.81. The number of esters is 1. The minimum Gasteiger partial charge on any atom is -0.479 e. The van der Waals surface area contributed by atoms with Crippen molar-refractivity contribution in [1.82, 2.24) is 15.0 Å². The summed E-state index contributed by atoms with van der Waals surface area (Å²) in [7, 11) is 0. The number of aromatic nitrogens is 3. The molecule has 0 aliphatic rings. The van der Waals surface area contributed by atoms with Crippen LogP contribution in [0.1, 0.15) is 19.4 Å². The molecule has 2 aromatic rings. The molecule has 0 aliphatic carbocycles. The lowest BCUT2D eigenvalue weighted by Crippen LogP contribution is -2.26. The fraction of sp³-hybridized carbons (Fsp3) is 0.357. The Labute approximate surface area is 117 Å². The van der Waals surface area contributed by atoms with Gasteiger partial charge in [-0.3, -0.25) is 0 Å². The Balaban J connectivity index is 1.92. The van der Waals surface area contributed by atoms with Gasteiger partial charge in [0.2, 0.25) is 0 Å². The van der Waals surface area contributed by atoms with E-state index in [2.05, 4.69) is 10.3 Å². The van der Waals surface area contributed by atoms with Gasteiger partial charge in [0.05, 0.1) is 19.3 Å². The van der Waals surface area contributed by atoms with Crippen LogP contribution in [-0.4, -0.2) is 33.7 Å². The summed E-state index contributed by atoms with van der Waals surface area (Å²) in [6.07, 6.45) is 2.82. The molecule has 1 aromatic heterocycles. The second-order valence-electron chi connectivity index (χ2n) is 4.26. The summed E-state index contributed by atoms with van der Waals surface area (Å²) in [5.74, 6) is 0.270. The van der Waals surface area contributed by atoms with Crippen LogP contribution in [0, 0.1) is 0 Å². The summed E-state index contributed by atoms with van der Waals surface area (Å²) >= 11 is 0. The lowest BCUT2D eigenvalue weighted by atomic mass is 10.2. The largest absolute Gasteiger partial charge is 0.479 e. The quantitative estimate of drug-likeness (QED) is 0.750. The van der Waals surface area contributed by atoms with E-state index in [0.29, 0.717) is 18.9 Å². The molecule has 1 aromatic carbocycles. The molecular formula is C14H17N3O3. The van der Waals surface area contributed by atoms with Crippen LogP contribution in [0.3, 0.4) is 0 Å². The van der Waals surface area contributed by atoms with E-state index in [-0.39, 0.29) is 5.97 Å². The number of rotatable bonds is 6. The van der Waals surface area contributed by atoms with E-state index in [9.17, 15) is 4.79 Å². The van der Waals surface area contributed by atoms with Gasteiger partial charge in [-0.2, -0.15) is 0 Å². The molecule has 0 bridgehead atoms. The van der Waals surface area contributed by atoms with Gasteiger partial charge in [0.15, 0.2) is 6.10 Å². The molecule has 6 nitrogen and oxygen atoms in total. The molecular weight excluding hydrogens is 258 g/mol. The van der Waals surface area contributed by atoms with Crippen molar-refractivity contribution in [3.8, 4) is 5.75 Å². The highest BCUT2D eigenvalue weighted by molar-refractivity contribution is 5.74. The average Bonchev–Trinajstić information content (AvgIpc) is 2.94. The molecule has 1 atom stereocenters. The van der Waals surface area contributed by atoms with Crippen molar-refractivity contribution in [1.29, 1.82) is 0 Å². The van der Waals surface area contributed by atoms with E-state index in [1.807, 2.05) is 24.3 Å². The van der Waals surface area contributed by atoms with Crippen molar-refractivity contribution in [2.24, 2.45) is 0 Å². The van der Waals surface area contributed by atoms with E-state index in [1.54, 1.807) is 30.9 Å². The van der Waals surface area contributed by atoms with Crippen LogP contribution in [0.15, 0.2) is 36.7 Å². The summed E-state index contributed by atoms with van der Waals surface area (Å²) in [6, 6.07) is 7.49. The number of carbonyl (C=O) groups is 1. The number of hydrogen-bond acceptors (Lipinski definition) is 5. The molecule has 0 aliphatic heterocycles. The van der Waals surface area contributed by atoms with Gasteiger partial charge in [-0.1, -0.05) is 17.3 Å². The highest BCUT2D eigenvalue weighted by Gasteiger charge is 2.15. The fourth-order valence-corrected chi connectivity index (χ4v) is 1.69. The normalized spacial score (nSPS) is 11.9. The van der Waals surface area contributed by atoms with Crippen molar-refractivity contribution in [3.05, 3.63) is 42.2 Å². The minimum atomic E-state index is -0.615. The third-order valence-corrected chi connectivity index (χ3v) is 2.67. The van der Waals surface area contributed by atoms with Gasteiger partial charge < -0.3 is 9.47 Å². The zero-order chi connectivity index (χ0) is 14.4. The summed E-state index contributed by atoms with van der Waals surface area (Å²) in [5.41, 5.74) is 1.08. The molecule has 6 heteroatoms. The molecule has 0 radical (unpaired) electrons. The third-order valence-electron chi connectivity index (χ3n) is 2.67. The Morgan fingerprint density at radius 3 is 2.70 bits per heavy atom. The van der Waals surface area contributed by atoms with Crippen LogP contribution < -0.4 is 4.74 Å². The zero-order valence-electron chi connectivity index (χ0n) is 11.5. The van der Waals surface area contributed by atoms with Gasteiger partial charge in [-0.15, -0.1) is 5.10 Å². The van der Waals surface area contributed by atoms with Gasteiger partial charge in [-0.05, 0) is 31.5 Å². The minimum absolute atomic E-state index is 0.351. The number of carbonyl (C=O) groups excluding carboxylic acids is 1. The van der Waals surface area contributed by atoms with E-state index in [1.165, 1.54) is 0 Å². The summed E-state index contributed by atoms with van der Waals surface area (Å²) in [6.45, 7) is 4.43. The molecule has 0 saturated carbocycles.